The molecule has 1 aliphatic heterocycles. The zero-order chi connectivity index (χ0) is 22.5. The van der Waals surface area contributed by atoms with Gasteiger partial charge in [0.25, 0.3) is 0 Å². The largest absolute Gasteiger partial charge is 0.302 e. The lowest BCUT2D eigenvalue weighted by Crippen LogP contribution is -2.03. The Hall–Kier alpha value is -3.64. The molecule has 5 aromatic rings. The zero-order valence-electron chi connectivity index (χ0n) is 18.5. The highest BCUT2D eigenvalue weighted by Gasteiger charge is 2.26. The lowest BCUT2D eigenvalue weighted by Gasteiger charge is -2.11. The number of rotatable bonds is 4. The lowest BCUT2D eigenvalue weighted by atomic mass is 10.0. The van der Waals surface area contributed by atoms with Crippen LogP contribution in [-0.4, -0.2) is 29.1 Å². The van der Waals surface area contributed by atoms with Crippen LogP contribution < -0.4 is 0 Å². The van der Waals surface area contributed by atoms with Crippen molar-refractivity contribution in [3.05, 3.63) is 95.3 Å². The predicted octanol–water partition coefficient (Wildman–Crippen LogP) is 5.79. The van der Waals surface area contributed by atoms with Gasteiger partial charge in [-0.2, -0.15) is 10.2 Å². The van der Waals surface area contributed by atoms with Crippen molar-refractivity contribution in [2.75, 3.05) is 0 Å². The van der Waals surface area contributed by atoms with Crippen LogP contribution in [-0.2, 0) is 13.0 Å². The molecule has 0 saturated heterocycles. The van der Waals surface area contributed by atoms with Gasteiger partial charge in [-0.25, -0.2) is 4.98 Å². The molecular weight excluding hydrogens is 432 g/mol. The van der Waals surface area contributed by atoms with Gasteiger partial charge in [0.1, 0.15) is 6.33 Å². The van der Waals surface area contributed by atoms with Crippen LogP contribution in [0.1, 0.15) is 36.7 Å². The number of hydrogen-bond donors (Lipinski definition) is 0. The highest BCUT2D eigenvalue weighted by atomic mass is 35.5. The van der Waals surface area contributed by atoms with E-state index < -0.39 is 0 Å². The number of nitrogens with zero attached hydrogens (tertiary/aromatic N) is 6. The molecule has 6 nitrogen and oxygen atoms in total. The first kappa shape index (κ1) is 20.0. The number of hydrogen-bond acceptors (Lipinski definition) is 3. The summed E-state index contributed by atoms with van der Waals surface area (Å²) in [5, 5.41) is 10.2. The van der Waals surface area contributed by atoms with Crippen molar-refractivity contribution >= 4 is 11.6 Å². The molecule has 0 amide bonds. The SMILES string of the molecule is CC(C)n1cc2c(n1)-c1cc(Cl)ccc1-n1cnc(-c3cnn(Cc4ccccc4)c3)c1C2. The number of fused-ring (bicyclic) bond motifs is 5. The second-order valence-electron chi connectivity index (χ2n) is 8.74. The molecule has 0 radical (unpaired) electrons. The third-order valence-corrected chi connectivity index (χ3v) is 6.36. The van der Waals surface area contributed by atoms with Crippen LogP contribution in [0.25, 0.3) is 28.2 Å². The Balaban J connectivity index is 1.46. The Bertz CT molecular complexity index is 1460. The van der Waals surface area contributed by atoms with Gasteiger partial charge in [0.05, 0.1) is 35.5 Å². The summed E-state index contributed by atoms with van der Waals surface area (Å²) in [5.41, 5.74) is 8.51. The molecule has 7 heteroatoms. The summed E-state index contributed by atoms with van der Waals surface area (Å²) in [6, 6.07) is 16.6. The first-order valence-corrected chi connectivity index (χ1v) is 11.5. The van der Waals surface area contributed by atoms with E-state index in [0.29, 0.717) is 5.02 Å². The summed E-state index contributed by atoms with van der Waals surface area (Å²) < 4.78 is 6.15. The molecule has 0 unspecified atom stereocenters. The molecule has 1 aliphatic rings. The number of halogens is 1. The van der Waals surface area contributed by atoms with Crippen molar-refractivity contribution in [3.63, 3.8) is 0 Å². The molecule has 0 atom stereocenters. The molecule has 2 aromatic carbocycles. The Morgan fingerprint density at radius 2 is 1.88 bits per heavy atom. The number of aromatic nitrogens is 6. The quantitative estimate of drug-likeness (QED) is 0.339. The first-order valence-electron chi connectivity index (χ1n) is 11.1. The van der Waals surface area contributed by atoms with Crippen LogP contribution in [0.5, 0.6) is 0 Å². The summed E-state index contributed by atoms with van der Waals surface area (Å²) in [6.07, 6.45) is 8.75. The third-order valence-electron chi connectivity index (χ3n) is 6.13. The fourth-order valence-corrected chi connectivity index (χ4v) is 4.64. The predicted molar refractivity (Wildman–Crippen MR) is 130 cm³/mol. The van der Waals surface area contributed by atoms with Crippen molar-refractivity contribution in [2.24, 2.45) is 0 Å². The van der Waals surface area contributed by atoms with Crippen LogP contribution in [0.15, 0.2) is 73.4 Å². The van der Waals surface area contributed by atoms with Gasteiger partial charge in [0.15, 0.2) is 0 Å². The fraction of sp³-hybridized carbons (Fsp3) is 0.192. The molecule has 0 aliphatic carbocycles. The molecule has 6 rings (SSSR count). The van der Waals surface area contributed by atoms with Crippen molar-refractivity contribution in [1.29, 1.82) is 0 Å². The molecule has 164 valence electrons. The van der Waals surface area contributed by atoms with Crippen molar-refractivity contribution in [2.45, 2.75) is 32.9 Å². The maximum atomic E-state index is 6.39. The average Bonchev–Trinajstić information content (AvgIpc) is 3.52. The minimum absolute atomic E-state index is 0.278. The van der Waals surface area contributed by atoms with Gasteiger partial charge in [-0.1, -0.05) is 41.9 Å². The van der Waals surface area contributed by atoms with Crippen LogP contribution in [0.4, 0.5) is 0 Å². The highest BCUT2D eigenvalue weighted by Crippen LogP contribution is 2.39. The van der Waals surface area contributed by atoms with Crippen molar-refractivity contribution < 1.29 is 0 Å². The van der Waals surface area contributed by atoms with Gasteiger partial charge in [0, 0.05) is 46.6 Å². The molecular formula is C26H23ClN6. The monoisotopic (exact) mass is 454 g/mol. The van der Waals surface area contributed by atoms with Gasteiger partial charge in [-0.15, -0.1) is 0 Å². The van der Waals surface area contributed by atoms with Gasteiger partial charge >= 0.3 is 0 Å². The summed E-state index contributed by atoms with van der Waals surface area (Å²) >= 11 is 6.39. The summed E-state index contributed by atoms with van der Waals surface area (Å²) in [6.45, 7) is 5.01. The Morgan fingerprint density at radius 3 is 2.70 bits per heavy atom. The molecule has 0 fully saturated rings. The Labute approximate surface area is 197 Å². The standard InChI is InChI=1S/C26H23ClN6/c1-17(2)33-15-19-10-24-26(20-12-29-31(14-20)13-18-6-4-3-5-7-18)28-16-32(24)23-9-8-21(27)11-22(23)25(19)30-33/h3-9,11-12,14-17H,10,13H2,1-2H3. The minimum Gasteiger partial charge on any atom is -0.302 e. The van der Waals surface area contributed by atoms with Crippen LogP contribution >= 0.6 is 11.6 Å². The van der Waals surface area contributed by atoms with E-state index >= 15 is 0 Å². The maximum absolute atomic E-state index is 6.39. The molecule has 0 bridgehead atoms. The van der Waals surface area contributed by atoms with E-state index in [4.69, 9.17) is 21.7 Å². The molecule has 33 heavy (non-hydrogen) atoms. The molecule has 0 spiro atoms. The maximum Gasteiger partial charge on any atom is 0.100 e. The second kappa shape index (κ2) is 7.74. The smallest absolute Gasteiger partial charge is 0.100 e. The minimum atomic E-state index is 0.278. The van der Waals surface area contributed by atoms with E-state index in [1.54, 1.807) is 0 Å². The number of benzene rings is 2. The first-order chi connectivity index (χ1) is 16.1. The summed E-state index contributed by atoms with van der Waals surface area (Å²) in [7, 11) is 0. The summed E-state index contributed by atoms with van der Waals surface area (Å²) in [5.74, 6) is 0. The summed E-state index contributed by atoms with van der Waals surface area (Å²) in [4.78, 5) is 4.82. The van der Waals surface area contributed by atoms with Crippen molar-refractivity contribution in [1.82, 2.24) is 29.1 Å². The van der Waals surface area contributed by atoms with E-state index in [1.165, 1.54) is 11.1 Å². The lowest BCUT2D eigenvalue weighted by molar-refractivity contribution is 0.533. The van der Waals surface area contributed by atoms with Crippen LogP contribution in [0.3, 0.4) is 0 Å². The second-order valence-corrected chi connectivity index (χ2v) is 9.17. The molecule has 4 heterocycles. The van der Waals surface area contributed by atoms with Gasteiger partial charge in [-0.05, 0) is 37.6 Å². The van der Waals surface area contributed by atoms with Gasteiger partial charge in [0.2, 0.25) is 0 Å². The zero-order valence-corrected chi connectivity index (χ0v) is 19.2. The van der Waals surface area contributed by atoms with Crippen molar-refractivity contribution in [3.8, 4) is 28.2 Å². The average molecular weight is 455 g/mol. The van der Waals surface area contributed by atoms with E-state index in [9.17, 15) is 0 Å². The van der Waals surface area contributed by atoms with E-state index in [2.05, 4.69) is 54.1 Å². The van der Waals surface area contributed by atoms with E-state index in [1.807, 2.05) is 52.2 Å². The highest BCUT2D eigenvalue weighted by molar-refractivity contribution is 6.31. The fourth-order valence-electron chi connectivity index (χ4n) is 4.47. The van der Waals surface area contributed by atoms with E-state index in [0.717, 1.165) is 46.9 Å². The molecule has 3 aromatic heterocycles. The van der Waals surface area contributed by atoms with Crippen LogP contribution in [0.2, 0.25) is 5.02 Å². The third kappa shape index (κ3) is 3.47. The van der Waals surface area contributed by atoms with Crippen LogP contribution in [0, 0.1) is 0 Å². The normalized spacial score (nSPS) is 12.4. The van der Waals surface area contributed by atoms with Gasteiger partial charge < -0.3 is 4.57 Å². The van der Waals surface area contributed by atoms with E-state index in [-0.39, 0.29) is 6.04 Å². The number of imidazole rings is 1. The molecule has 0 N–H and O–H groups in total. The topological polar surface area (TPSA) is 53.5 Å². The Kier molecular flexibility index (Phi) is 4.69. The van der Waals surface area contributed by atoms with Gasteiger partial charge in [-0.3, -0.25) is 9.36 Å². The Morgan fingerprint density at radius 1 is 1.03 bits per heavy atom. The molecule has 0 saturated carbocycles.